The Balaban J connectivity index is 1.92. The summed E-state index contributed by atoms with van der Waals surface area (Å²) in [7, 11) is 0. The van der Waals surface area contributed by atoms with E-state index < -0.39 is 0 Å². The molecular weight excluding hydrogens is 276 g/mol. The zero-order valence-corrected chi connectivity index (χ0v) is 12.2. The Morgan fingerprint density at radius 3 is 3.00 bits per heavy atom. The number of aromatic amines is 1. The van der Waals surface area contributed by atoms with Gasteiger partial charge in [-0.15, -0.1) is 5.10 Å². The number of H-pyrrole nitrogens is 1. The summed E-state index contributed by atoms with van der Waals surface area (Å²) >= 11 is 1.40. The number of aromatic nitrogens is 5. The minimum absolute atomic E-state index is 0.145. The van der Waals surface area contributed by atoms with Gasteiger partial charge >= 0.3 is 5.69 Å². The first-order chi connectivity index (χ1) is 9.70. The van der Waals surface area contributed by atoms with E-state index in [-0.39, 0.29) is 5.69 Å². The van der Waals surface area contributed by atoms with Gasteiger partial charge in [0.1, 0.15) is 17.2 Å². The molecule has 2 aromatic rings. The van der Waals surface area contributed by atoms with Crippen molar-refractivity contribution < 1.29 is 0 Å². The van der Waals surface area contributed by atoms with Crippen molar-refractivity contribution in [2.75, 3.05) is 11.9 Å². The van der Waals surface area contributed by atoms with Crippen molar-refractivity contribution in [1.82, 2.24) is 24.7 Å². The van der Waals surface area contributed by atoms with E-state index in [0.717, 1.165) is 35.8 Å². The third-order valence-electron chi connectivity index (χ3n) is 3.15. The molecule has 0 aromatic carbocycles. The van der Waals surface area contributed by atoms with Crippen LogP contribution in [0.1, 0.15) is 31.4 Å². The monoisotopic (exact) mass is 292 g/mol. The third kappa shape index (κ3) is 2.43. The van der Waals surface area contributed by atoms with Gasteiger partial charge in [-0.3, -0.25) is 4.57 Å². The van der Waals surface area contributed by atoms with E-state index in [2.05, 4.69) is 25.5 Å². The standard InChI is InChI=1S/C12H16N6OS/c1-3-13-9-7(2)10(15-6-14-9)20-12-17-16-11(19)18(12)8-4-5-8/h6,8H,3-5H2,1-2H3,(H,16,19)(H,13,14,15). The van der Waals surface area contributed by atoms with Crippen LogP contribution in [0.15, 0.2) is 21.3 Å². The highest BCUT2D eigenvalue weighted by atomic mass is 32.2. The van der Waals surface area contributed by atoms with Crippen LogP contribution < -0.4 is 11.0 Å². The smallest absolute Gasteiger partial charge is 0.344 e. The zero-order valence-electron chi connectivity index (χ0n) is 11.4. The summed E-state index contributed by atoms with van der Waals surface area (Å²) in [6, 6.07) is 0.291. The number of nitrogens with zero attached hydrogens (tertiary/aromatic N) is 4. The van der Waals surface area contributed by atoms with Gasteiger partial charge < -0.3 is 5.32 Å². The number of nitrogens with one attached hydrogen (secondary N) is 2. The molecule has 8 heteroatoms. The molecule has 0 saturated heterocycles. The van der Waals surface area contributed by atoms with E-state index in [0.29, 0.717) is 11.2 Å². The summed E-state index contributed by atoms with van der Waals surface area (Å²) in [5.74, 6) is 0.820. The molecule has 106 valence electrons. The van der Waals surface area contributed by atoms with Gasteiger partial charge in [-0.05, 0) is 38.5 Å². The molecule has 3 rings (SSSR count). The number of rotatable bonds is 5. The Kier molecular flexibility index (Phi) is 3.47. The normalized spacial score (nSPS) is 14.5. The SMILES string of the molecule is CCNc1ncnc(Sc2n[nH]c(=O)n2C2CC2)c1C. The summed E-state index contributed by atoms with van der Waals surface area (Å²) in [6.07, 6.45) is 3.61. The van der Waals surface area contributed by atoms with E-state index >= 15 is 0 Å². The Hall–Kier alpha value is -1.83. The molecule has 0 atom stereocenters. The predicted molar refractivity (Wildman–Crippen MR) is 76.2 cm³/mol. The highest BCUT2D eigenvalue weighted by Crippen LogP contribution is 2.38. The molecule has 1 fully saturated rings. The average molecular weight is 292 g/mol. The van der Waals surface area contributed by atoms with E-state index in [1.54, 1.807) is 4.57 Å². The predicted octanol–water partition coefficient (Wildman–Crippen LogP) is 1.59. The fourth-order valence-electron chi connectivity index (χ4n) is 1.99. The van der Waals surface area contributed by atoms with Crippen LogP contribution in [-0.4, -0.2) is 31.3 Å². The molecule has 1 aliphatic rings. The summed E-state index contributed by atoms with van der Waals surface area (Å²) in [5, 5.41) is 11.3. The van der Waals surface area contributed by atoms with Crippen molar-refractivity contribution >= 4 is 17.6 Å². The highest BCUT2D eigenvalue weighted by Gasteiger charge is 2.29. The first-order valence-electron chi connectivity index (χ1n) is 6.61. The maximum absolute atomic E-state index is 11.8. The lowest BCUT2D eigenvalue weighted by atomic mass is 10.3. The number of hydrogen-bond donors (Lipinski definition) is 2. The van der Waals surface area contributed by atoms with Crippen molar-refractivity contribution in [2.45, 2.75) is 42.9 Å². The van der Waals surface area contributed by atoms with Gasteiger partial charge in [0.05, 0.1) is 0 Å². The van der Waals surface area contributed by atoms with Gasteiger partial charge in [0.15, 0.2) is 5.16 Å². The second kappa shape index (κ2) is 5.28. The largest absolute Gasteiger partial charge is 0.370 e. The highest BCUT2D eigenvalue weighted by molar-refractivity contribution is 7.99. The summed E-state index contributed by atoms with van der Waals surface area (Å²) in [5.41, 5.74) is 0.825. The van der Waals surface area contributed by atoms with E-state index in [9.17, 15) is 4.79 Å². The van der Waals surface area contributed by atoms with Crippen molar-refractivity contribution in [3.63, 3.8) is 0 Å². The molecule has 20 heavy (non-hydrogen) atoms. The molecule has 0 bridgehead atoms. The van der Waals surface area contributed by atoms with Gasteiger partial charge in [-0.25, -0.2) is 19.9 Å². The first kappa shape index (κ1) is 13.2. The van der Waals surface area contributed by atoms with Crippen LogP contribution in [-0.2, 0) is 0 Å². The molecule has 0 spiro atoms. The van der Waals surface area contributed by atoms with Crippen molar-refractivity contribution in [3.05, 3.63) is 22.4 Å². The quantitative estimate of drug-likeness (QED) is 0.814. The topological polar surface area (TPSA) is 88.5 Å². The minimum Gasteiger partial charge on any atom is -0.370 e. The van der Waals surface area contributed by atoms with Gasteiger partial charge in [0.2, 0.25) is 0 Å². The molecule has 0 amide bonds. The summed E-state index contributed by atoms with van der Waals surface area (Å²) in [4.78, 5) is 20.3. The fraction of sp³-hybridized carbons (Fsp3) is 0.500. The van der Waals surface area contributed by atoms with Crippen molar-refractivity contribution in [1.29, 1.82) is 0 Å². The number of anilines is 1. The number of hydrogen-bond acceptors (Lipinski definition) is 6. The van der Waals surface area contributed by atoms with E-state index in [1.807, 2.05) is 13.8 Å². The second-order valence-electron chi connectivity index (χ2n) is 4.70. The van der Waals surface area contributed by atoms with Crippen LogP contribution in [0, 0.1) is 6.92 Å². The van der Waals surface area contributed by atoms with Crippen LogP contribution in [0.4, 0.5) is 5.82 Å². The van der Waals surface area contributed by atoms with Crippen LogP contribution in [0.5, 0.6) is 0 Å². The minimum atomic E-state index is -0.145. The Morgan fingerprint density at radius 2 is 2.30 bits per heavy atom. The molecule has 2 N–H and O–H groups in total. The molecule has 7 nitrogen and oxygen atoms in total. The lowest BCUT2D eigenvalue weighted by Crippen LogP contribution is -2.16. The molecule has 1 aliphatic carbocycles. The van der Waals surface area contributed by atoms with Crippen LogP contribution in [0.2, 0.25) is 0 Å². The lowest BCUT2D eigenvalue weighted by Gasteiger charge is -2.09. The van der Waals surface area contributed by atoms with Gasteiger partial charge in [0.25, 0.3) is 0 Å². The summed E-state index contributed by atoms with van der Waals surface area (Å²) in [6.45, 7) is 4.79. The zero-order chi connectivity index (χ0) is 14.1. The van der Waals surface area contributed by atoms with E-state index in [1.165, 1.54) is 18.1 Å². The Morgan fingerprint density at radius 1 is 1.50 bits per heavy atom. The Bertz CT molecular complexity index is 675. The molecule has 0 radical (unpaired) electrons. The maximum atomic E-state index is 11.8. The molecule has 0 unspecified atom stereocenters. The first-order valence-corrected chi connectivity index (χ1v) is 7.42. The maximum Gasteiger partial charge on any atom is 0.344 e. The van der Waals surface area contributed by atoms with Gasteiger partial charge in [0, 0.05) is 18.2 Å². The van der Waals surface area contributed by atoms with Crippen LogP contribution in [0.3, 0.4) is 0 Å². The molecule has 2 heterocycles. The molecular formula is C12H16N6OS. The van der Waals surface area contributed by atoms with Gasteiger partial charge in [-0.2, -0.15) is 0 Å². The molecule has 0 aliphatic heterocycles. The fourth-order valence-corrected chi connectivity index (χ4v) is 2.93. The molecule has 1 saturated carbocycles. The Labute approximate surface area is 120 Å². The molecule has 2 aromatic heterocycles. The van der Waals surface area contributed by atoms with Gasteiger partial charge in [-0.1, -0.05) is 0 Å². The van der Waals surface area contributed by atoms with E-state index in [4.69, 9.17) is 0 Å². The second-order valence-corrected chi connectivity index (χ2v) is 5.65. The van der Waals surface area contributed by atoms with Crippen molar-refractivity contribution in [2.24, 2.45) is 0 Å². The van der Waals surface area contributed by atoms with Crippen molar-refractivity contribution in [3.8, 4) is 0 Å². The lowest BCUT2D eigenvalue weighted by molar-refractivity contribution is 0.642. The van der Waals surface area contributed by atoms with Crippen LogP contribution in [0.25, 0.3) is 0 Å². The third-order valence-corrected chi connectivity index (χ3v) is 4.23. The van der Waals surface area contributed by atoms with Crippen LogP contribution >= 0.6 is 11.8 Å². The summed E-state index contributed by atoms with van der Waals surface area (Å²) < 4.78 is 1.72. The average Bonchev–Trinajstić information content (AvgIpc) is 3.20.